The van der Waals surface area contributed by atoms with Gasteiger partial charge in [-0.05, 0) is 101 Å². The topological polar surface area (TPSA) is 222 Å². The molecule has 18 nitrogen and oxygen atoms in total. The summed E-state index contributed by atoms with van der Waals surface area (Å²) in [5.74, 6) is -2.28. The summed E-state index contributed by atoms with van der Waals surface area (Å²) in [6.45, 7) is 19.1. The molecule has 18 heteroatoms. The van der Waals surface area contributed by atoms with E-state index in [4.69, 9.17) is 34.0 Å². The summed E-state index contributed by atoms with van der Waals surface area (Å²) in [5, 5.41) is 11.7. The molecule has 7 heterocycles. The number of esters is 1. The Kier molecular flexibility index (Phi) is 16.4. The lowest BCUT2D eigenvalue weighted by Crippen LogP contribution is -2.47. The van der Waals surface area contributed by atoms with Crippen LogP contribution in [0.5, 0.6) is 0 Å². The summed E-state index contributed by atoms with van der Waals surface area (Å²) in [4.78, 5) is 91.7. The quantitative estimate of drug-likeness (QED) is 0.0498. The number of amides is 4. The number of aromatic amines is 2. The van der Waals surface area contributed by atoms with E-state index in [-0.39, 0.29) is 70.2 Å². The number of allylic oxidation sites excluding steroid dienone is 2. The van der Waals surface area contributed by atoms with Gasteiger partial charge in [-0.25, -0.2) is 14.6 Å². The lowest BCUT2D eigenvalue weighted by Gasteiger charge is -2.31. The van der Waals surface area contributed by atoms with E-state index in [0.29, 0.717) is 96.0 Å². The van der Waals surface area contributed by atoms with E-state index >= 15 is 4.79 Å². The number of aliphatic hydroxyl groups is 1. The monoisotopic (exact) mass is 965 g/mol. The van der Waals surface area contributed by atoms with Gasteiger partial charge in [0.25, 0.3) is 11.8 Å². The third-order valence-electron chi connectivity index (χ3n) is 13.4. The van der Waals surface area contributed by atoms with Crippen LogP contribution < -0.4 is 5.32 Å². The van der Waals surface area contributed by atoms with Crippen molar-refractivity contribution in [2.75, 3.05) is 86.0 Å². The predicted octanol–water partition coefficient (Wildman–Crippen LogP) is 6.42. The predicted molar refractivity (Wildman–Crippen MR) is 266 cm³/mol. The fourth-order valence-electron chi connectivity index (χ4n) is 9.43. The average molecular weight is 965 g/mol. The van der Waals surface area contributed by atoms with E-state index in [0.717, 1.165) is 33.5 Å². The molecule has 3 aromatic heterocycles. The number of nitrogens with zero attached hydrogens (tertiary/aromatic N) is 5. The molecule has 4 amide bonds. The Morgan fingerprint density at radius 1 is 0.943 bits per heavy atom. The summed E-state index contributed by atoms with van der Waals surface area (Å²) in [6, 6.07) is 5.86. The Morgan fingerprint density at radius 2 is 1.66 bits per heavy atom. The summed E-state index contributed by atoms with van der Waals surface area (Å²) in [7, 11) is 1.69. The molecular formula is C52H68N8O10. The summed E-state index contributed by atoms with van der Waals surface area (Å²) in [5.41, 5.74) is 9.29. The number of aryl methyl sites for hydroxylation is 2. The maximum Gasteiger partial charge on any atom is 0.407 e. The molecule has 0 aliphatic carbocycles. The van der Waals surface area contributed by atoms with Crippen molar-refractivity contribution in [1.29, 1.82) is 0 Å². The molecule has 70 heavy (non-hydrogen) atoms. The van der Waals surface area contributed by atoms with E-state index in [1.54, 1.807) is 38.8 Å². The number of morpholine rings is 1. The second kappa shape index (κ2) is 22.3. The number of aromatic nitrogens is 4. The summed E-state index contributed by atoms with van der Waals surface area (Å²) < 4.78 is 21.5. The van der Waals surface area contributed by atoms with Crippen LogP contribution in [0.4, 0.5) is 4.79 Å². The molecule has 376 valence electrons. The third-order valence-corrected chi connectivity index (χ3v) is 13.4. The smallest absolute Gasteiger partial charge is 0.407 e. The van der Waals surface area contributed by atoms with Gasteiger partial charge in [0.1, 0.15) is 12.2 Å². The number of H-pyrrole nitrogens is 2. The van der Waals surface area contributed by atoms with Gasteiger partial charge in [0.2, 0.25) is 5.91 Å². The van der Waals surface area contributed by atoms with Crippen molar-refractivity contribution in [2.45, 2.75) is 92.1 Å². The number of alkyl carbamates (subject to hydrolysis) is 1. The number of nitrogens with one attached hydrogen (secondary N) is 3. The number of carbonyl (C=O) groups is 5. The third kappa shape index (κ3) is 11.5. The largest absolute Gasteiger partial charge is 0.460 e. The van der Waals surface area contributed by atoms with Gasteiger partial charge in [0.05, 0.1) is 66.8 Å². The normalized spacial score (nSPS) is 17.4. The van der Waals surface area contributed by atoms with Gasteiger partial charge in [0, 0.05) is 98.5 Å². The molecule has 0 saturated carbocycles. The van der Waals surface area contributed by atoms with Crippen LogP contribution in [0.15, 0.2) is 24.3 Å². The number of hydrogen-bond acceptors (Lipinski definition) is 13. The van der Waals surface area contributed by atoms with Crippen molar-refractivity contribution in [3.05, 3.63) is 74.9 Å². The highest BCUT2D eigenvalue weighted by atomic mass is 16.6. The molecule has 7 rings (SSSR count). The lowest BCUT2D eigenvalue weighted by atomic mass is 9.84. The fourth-order valence-corrected chi connectivity index (χ4v) is 9.43. The van der Waals surface area contributed by atoms with Crippen molar-refractivity contribution in [2.24, 2.45) is 0 Å². The molecule has 4 aliphatic heterocycles. The number of imide groups is 1. The Labute approximate surface area is 408 Å². The Bertz CT molecular complexity index is 2740. The minimum atomic E-state index is -0.661. The van der Waals surface area contributed by atoms with Crippen LogP contribution in [-0.4, -0.2) is 161 Å². The van der Waals surface area contributed by atoms with Crippen molar-refractivity contribution in [1.82, 2.24) is 40.0 Å². The molecule has 0 unspecified atom stereocenters. The number of fused-ring (bicyclic) bond motifs is 8. The number of aliphatic hydroxyl groups excluding tert-OH is 1. The number of ether oxygens (including phenoxy) is 4. The van der Waals surface area contributed by atoms with Crippen molar-refractivity contribution >= 4 is 69.1 Å². The Balaban J connectivity index is 1.37. The Morgan fingerprint density at radius 3 is 2.37 bits per heavy atom. The first-order valence-corrected chi connectivity index (χ1v) is 24.3. The van der Waals surface area contributed by atoms with Crippen LogP contribution in [0.3, 0.4) is 0 Å². The van der Waals surface area contributed by atoms with Gasteiger partial charge in [0.15, 0.2) is 0 Å². The first-order chi connectivity index (χ1) is 33.4. The van der Waals surface area contributed by atoms with Crippen LogP contribution in [0.25, 0.3) is 39.3 Å². The van der Waals surface area contributed by atoms with E-state index in [1.165, 1.54) is 11.0 Å². The van der Waals surface area contributed by atoms with Gasteiger partial charge in [-0.15, -0.1) is 0 Å². The summed E-state index contributed by atoms with van der Waals surface area (Å²) >= 11 is 0. The first-order valence-electron chi connectivity index (χ1n) is 24.3. The van der Waals surface area contributed by atoms with Crippen LogP contribution in [0.1, 0.15) is 133 Å². The van der Waals surface area contributed by atoms with Crippen molar-refractivity contribution < 1.29 is 48.0 Å². The van der Waals surface area contributed by atoms with Crippen LogP contribution in [-0.2, 0) is 28.5 Å². The zero-order valence-corrected chi connectivity index (χ0v) is 42.0. The van der Waals surface area contributed by atoms with E-state index in [9.17, 15) is 19.2 Å². The summed E-state index contributed by atoms with van der Waals surface area (Å²) in [6.07, 6.45) is 3.63. The molecule has 0 spiro atoms. The SMILES string of the molecule is CCC1=C(C)c2cc3[nH]c(cc4nc(c5c6[nH]c(cc1n2)c(C)c6C(=O)N(CCN1CCOCC1)C5=O)[C@@H](CCC(=O)N(C)CCNC(=O)OC(C)(C)C)[C@@H]4C)c(C)c3/C=C/C(=O)OCCOCCO. The molecule has 4 N–H and O–H groups in total. The molecule has 4 aliphatic rings. The minimum absolute atomic E-state index is 0.0262. The first kappa shape index (κ1) is 51.6. The number of hydrogen-bond donors (Lipinski definition) is 4. The van der Waals surface area contributed by atoms with Gasteiger partial charge < -0.3 is 44.2 Å². The van der Waals surface area contributed by atoms with Gasteiger partial charge >= 0.3 is 12.1 Å². The van der Waals surface area contributed by atoms with Crippen molar-refractivity contribution in [3.8, 4) is 0 Å². The Hall–Kier alpha value is -6.21. The molecule has 1 saturated heterocycles. The van der Waals surface area contributed by atoms with Gasteiger partial charge in [-0.3, -0.25) is 29.2 Å². The molecular weight excluding hydrogens is 897 g/mol. The van der Waals surface area contributed by atoms with Gasteiger partial charge in [-0.2, -0.15) is 0 Å². The second-order valence-corrected chi connectivity index (χ2v) is 19.2. The number of rotatable bonds is 17. The van der Waals surface area contributed by atoms with E-state index < -0.39 is 29.5 Å². The second-order valence-electron chi connectivity index (χ2n) is 19.2. The maximum atomic E-state index is 15.2. The maximum absolute atomic E-state index is 15.2. The molecule has 0 radical (unpaired) electrons. The highest BCUT2D eigenvalue weighted by molar-refractivity contribution is 6.23. The molecule has 1 fully saturated rings. The van der Waals surface area contributed by atoms with E-state index in [2.05, 4.69) is 27.1 Å². The lowest BCUT2D eigenvalue weighted by molar-refractivity contribution is -0.139. The molecule has 8 bridgehead atoms. The van der Waals surface area contributed by atoms with E-state index in [1.807, 2.05) is 45.9 Å². The number of carbonyl (C=O) groups excluding carboxylic acids is 5. The average Bonchev–Trinajstić information content (AvgIpc) is 3.99. The van der Waals surface area contributed by atoms with Crippen LogP contribution in [0, 0.1) is 13.8 Å². The molecule has 2 atom stereocenters. The molecule has 0 aromatic carbocycles. The standard InChI is InChI=1S/C52H68N8O10/c1-10-34-30(2)38-28-42-35(12-14-44(63)69-26-25-68-24-21-61)31(3)37(55-42)27-39-32(4)36(11-13-43(62)58(9)16-15-53-51(66)70-52(6,7)8)47(56-39)46-48-45(33(5)40(57-48)29-41(34)54-38)49(64)60(50(46)65)18-17-59-19-22-67-23-20-59/h12,14,27-29,32,36,55,57,61H,10-11,13,15-26H2,1-9H3,(H,53,66)/b14-12+,37-27?,38-28?,39-27?,40-29?,41-29?,42-28?,47-46?/t32-,36-/m0/s1. The van der Waals surface area contributed by atoms with Gasteiger partial charge in [-0.1, -0.05) is 13.8 Å². The number of likely N-dealkylation sites (N-methyl/N-ethyl adjacent to an activating group) is 1. The fraction of sp³-hybridized carbons (Fsp3) is 0.519. The van der Waals surface area contributed by atoms with Crippen molar-refractivity contribution in [3.63, 3.8) is 0 Å². The van der Waals surface area contributed by atoms with Crippen LogP contribution in [0.2, 0.25) is 0 Å². The molecule has 3 aromatic rings. The zero-order valence-electron chi connectivity index (χ0n) is 42.0. The highest BCUT2D eigenvalue weighted by Crippen LogP contribution is 2.44. The highest BCUT2D eigenvalue weighted by Gasteiger charge is 2.41. The van der Waals surface area contributed by atoms with Crippen LogP contribution >= 0.6 is 0 Å². The zero-order chi connectivity index (χ0) is 50.4. The minimum Gasteiger partial charge on any atom is -0.460 e.